The molecule has 2 aliphatic rings. The van der Waals surface area contributed by atoms with Crippen molar-refractivity contribution in [3.8, 4) is 0 Å². The first-order chi connectivity index (χ1) is 12.3. The van der Waals surface area contributed by atoms with Crippen molar-refractivity contribution in [2.45, 2.75) is 25.3 Å². The first kappa shape index (κ1) is 15.1. The van der Waals surface area contributed by atoms with Crippen molar-refractivity contribution in [3.05, 3.63) is 52.6 Å². The molecule has 5 nitrogen and oxygen atoms in total. The molecule has 0 saturated carbocycles. The molecule has 0 N–H and O–H groups in total. The maximum atomic E-state index is 12.9. The molecule has 128 valence electrons. The van der Waals surface area contributed by atoms with Crippen LogP contribution in [0.15, 0.2) is 34.7 Å². The van der Waals surface area contributed by atoms with Crippen LogP contribution in [0.25, 0.3) is 10.1 Å². The van der Waals surface area contributed by atoms with E-state index < -0.39 is 0 Å². The van der Waals surface area contributed by atoms with Gasteiger partial charge in [0.25, 0.3) is 5.91 Å². The number of nitrogens with zero attached hydrogens (tertiary/aromatic N) is 2. The van der Waals surface area contributed by atoms with Gasteiger partial charge in [0.05, 0.1) is 23.9 Å². The van der Waals surface area contributed by atoms with Crippen LogP contribution in [-0.2, 0) is 17.7 Å². The highest BCUT2D eigenvalue weighted by atomic mass is 32.1. The Morgan fingerprint density at radius 2 is 2.24 bits per heavy atom. The molecule has 0 aliphatic carbocycles. The molecule has 25 heavy (non-hydrogen) atoms. The summed E-state index contributed by atoms with van der Waals surface area (Å²) in [5.41, 5.74) is 0.905. The maximum absolute atomic E-state index is 12.9. The Bertz CT molecular complexity index is 906. The highest BCUT2D eigenvalue weighted by Gasteiger charge is 2.30. The number of fused-ring (bicyclic) bond motifs is 2. The summed E-state index contributed by atoms with van der Waals surface area (Å²) in [6.45, 7) is 2.66. The van der Waals surface area contributed by atoms with Gasteiger partial charge in [0.1, 0.15) is 11.5 Å². The van der Waals surface area contributed by atoms with E-state index in [-0.39, 0.29) is 11.8 Å². The number of amides is 1. The average Bonchev–Trinajstić information content (AvgIpc) is 3.38. The minimum absolute atomic E-state index is 0.0839. The van der Waals surface area contributed by atoms with Crippen LogP contribution in [-0.4, -0.2) is 35.5 Å². The molecule has 3 aromatic rings. The molecule has 0 radical (unpaired) electrons. The van der Waals surface area contributed by atoms with E-state index in [9.17, 15) is 4.79 Å². The quantitative estimate of drug-likeness (QED) is 0.706. The zero-order valence-corrected chi connectivity index (χ0v) is 14.6. The summed E-state index contributed by atoms with van der Waals surface area (Å²) >= 11 is 1.55. The second-order valence-electron chi connectivity index (χ2n) is 6.61. The number of aromatic nitrogens is 1. The second-order valence-corrected chi connectivity index (χ2v) is 7.69. The summed E-state index contributed by atoms with van der Waals surface area (Å²) in [6.07, 6.45) is 1.69. The number of hydrogen-bond donors (Lipinski definition) is 0. The normalized spacial score (nSPS) is 20.2. The van der Waals surface area contributed by atoms with Gasteiger partial charge in [0.15, 0.2) is 5.89 Å². The van der Waals surface area contributed by atoms with E-state index in [0.717, 1.165) is 51.8 Å². The van der Waals surface area contributed by atoms with E-state index in [1.165, 1.54) is 0 Å². The predicted octanol–water partition coefficient (Wildman–Crippen LogP) is 3.59. The number of benzene rings is 1. The van der Waals surface area contributed by atoms with Crippen LogP contribution >= 0.6 is 11.3 Å². The van der Waals surface area contributed by atoms with E-state index in [4.69, 9.17) is 9.15 Å². The van der Waals surface area contributed by atoms with E-state index in [1.54, 1.807) is 11.3 Å². The average molecular weight is 354 g/mol. The Hall–Kier alpha value is -2.18. The third-order valence-electron chi connectivity index (χ3n) is 4.95. The zero-order chi connectivity index (χ0) is 16.8. The molecule has 1 aromatic carbocycles. The first-order valence-corrected chi connectivity index (χ1v) is 9.43. The van der Waals surface area contributed by atoms with Gasteiger partial charge in [-0.15, -0.1) is 11.3 Å². The summed E-state index contributed by atoms with van der Waals surface area (Å²) < 4.78 is 12.5. The monoisotopic (exact) mass is 354 g/mol. The summed E-state index contributed by atoms with van der Waals surface area (Å²) in [5.74, 6) is 2.05. The Morgan fingerprint density at radius 3 is 3.08 bits per heavy atom. The first-order valence-electron chi connectivity index (χ1n) is 8.62. The van der Waals surface area contributed by atoms with Crippen LogP contribution in [0.2, 0.25) is 0 Å². The van der Waals surface area contributed by atoms with Crippen molar-refractivity contribution in [3.63, 3.8) is 0 Å². The largest absolute Gasteiger partial charge is 0.445 e. The van der Waals surface area contributed by atoms with Gasteiger partial charge in [-0.1, -0.05) is 18.2 Å². The smallest absolute Gasteiger partial charge is 0.264 e. The fraction of sp³-hybridized carbons (Fsp3) is 0.368. The Labute approximate surface area is 149 Å². The molecule has 0 spiro atoms. The Balaban J connectivity index is 1.38. The van der Waals surface area contributed by atoms with Crippen LogP contribution in [0, 0.1) is 0 Å². The Kier molecular flexibility index (Phi) is 3.60. The van der Waals surface area contributed by atoms with Crippen molar-refractivity contribution in [2.75, 3.05) is 19.8 Å². The third kappa shape index (κ3) is 2.65. The van der Waals surface area contributed by atoms with Crippen molar-refractivity contribution >= 4 is 27.3 Å². The highest BCUT2D eigenvalue weighted by molar-refractivity contribution is 7.20. The number of hydrogen-bond acceptors (Lipinski definition) is 5. The summed E-state index contributed by atoms with van der Waals surface area (Å²) in [6, 6.07) is 10.1. The van der Waals surface area contributed by atoms with E-state index >= 15 is 0 Å². The Morgan fingerprint density at radius 1 is 1.32 bits per heavy atom. The van der Waals surface area contributed by atoms with Crippen molar-refractivity contribution < 1.29 is 13.9 Å². The van der Waals surface area contributed by atoms with Crippen LogP contribution in [0.3, 0.4) is 0 Å². The zero-order valence-electron chi connectivity index (χ0n) is 13.7. The standard InChI is InChI=1S/C19H18N2O3S/c22-19(17-9-12-3-1-2-4-16(12)25-17)21-7-5-15-14(10-21)20-18(24-15)13-6-8-23-11-13/h1-4,9,13H,5-8,10-11H2. The molecule has 1 unspecified atom stereocenters. The summed E-state index contributed by atoms with van der Waals surface area (Å²) in [7, 11) is 0. The molecule has 1 saturated heterocycles. The number of carbonyl (C=O) groups is 1. The lowest BCUT2D eigenvalue weighted by Gasteiger charge is -2.24. The summed E-state index contributed by atoms with van der Waals surface area (Å²) in [5, 5.41) is 1.12. The van der Waals surface area contributed by atoms with Gasteiger partial charge in [-0.05, 0) is 23.9 Å². The molecular formula is C19H18N2O3S. The lowest BCUT2D eigenvalue weighted by atomic mass is 10.1. The van der Waals surface area contributed by atoms with Gasteiger partial charge >= 0.3 is 0 Å². The van der Waals surface area contributed by atoms with Gasteiger partial charge in [0, 0.05) is 24.3 Å². The van der Waals surface area contributed by atoms with E-state index in [2.05, 4.69) is 11.1 Å². The van der Waals surface area contributed by atoms with Crippen molar-refractivity contribution in [2.24, 2.45) is 0 Å². The SMILES string of the molecule is O=C(c1cc2ccccc2s1)N1CCc2oc(C3CCOC3)nc2C1. The molecule has 4 heterocycles. The topological polar surface area (TPSA) is 55.6 Å². The van der Waals surface area contributed by atoms with E-state index in [1.807, 2.05) is 29.2 Å². The van der Waals surface area contributed by atoms with Gasteiger partial charge in [-0.25, -0.2) is 4.98 Å². The van der Waals surface area contributed by atoms with Crippen LogP contribution in [0.1, 0.15) is 39.4 Å². The molecule has 0 bridgehead atoms. The molecule has 5 rings (SSSR count). The number of oxazole rings is 1. The fourth-order valence-corrected chi connectivity index (χ4v) is 4.57. The molecule has 1 fully saturated rings. The molecular weight excluding hydrogens is 336 g/mol. The van der Waals surface area contributed by atoms with Gasteiger partial charge in [-0.2, -0.15) is 0 Å². The number of ether oxygens (including phenoxy) is 1. The molecule has 2 aliphatic heterocycles. The van der Waals surface area contributed by atoms with Crippen LogP contribution in [0.4, 0.5) is 0 Å². The second kappa shape index (κ2) is 5.97. The minimum Gasteiger partial charge on any atom is -0.445 e. The molecule has 2 aromatic heterocycles. The fourth-order valence-electron chi connectivity index (χ4n) is 3.54. The van der Waals surface area contributed by atoms with Crippen molar-refractivity contribution in [1.29, 1.82) is 0 Å². The minimum atomic E-state index is 0.0839. The van der Waals surface area contributed by atoms with E-state index in [0.29, 0.717) is 19.7 Å². The lowest BCUT2D eigenvalue weighted by molar-refractivity contribution is 0.0733. The van der Waals surface area contributed by atoms with Crippen LogP contribution in [0.5, 0.6) is 0 Å². The maximum Gasteiger partial charge on any atom is 0.264 e. The third-order valence-corrected chi connectivity index (χ3v) is 6.05. The van der Waals surface area contributed by atoms with Crippen LogP contribution < -0.4 is 0 Å². The summed E-state index contributed by atoms with van der Waals surface area (Å²) in [4.78, 5) is 20.2. The number of rotatable bonds is 2. The number of carbonyl (C=O) groups excluding carboxylic acids is 1. The van der Waals surface area contributed by atoms with Gasteiger partial charge < -0.3 is 14.1 Å². The van der Waals surface area contributed by atoms with Crippen molar-refractivity contribution in [1.82, 2.24) is 9.88 Å². The number of thiophene rings is 1. The highest BCUT2D eigenvalue weighted by Crippen LogP contribution is 2.31. The van der Waals surface area contributed by atoms with Gasteiger partial charge in [0.2, 0.25) is 0 Å². The lowest BCUT2D eigenvalue weighted by Crippen LogP contribution is -2.35. The van der Waals surface area contributed by atoms with Gasteiger partial charge in [-0.3, -0.25) is 4.79 Å². The predicted molar refractivity (Wildman–Crippen MR) is 94.9 cm³/mol. The molecule has 1 amide bonds. The molecule has 1 atom stereocenters. The molecule has 6 heteroatoms.